The Morgan fingerprint density at radius 2 is 1.33 bits per heavy atom. The third-order valence-electron chi connectivity index (χ3n) is 6.68. The Labute approximate surface area is 254 Å². The summed E-state index contributed by atoms with van der Waals surface area (Å²) in [5.74, 6) is -4.47. The van der Waals surface area contributed by atoms with Crippen molar-refractivity contribution in [3.05, 3.63) is 84.2 Å². The zero-order chi connectivity index (χ0) is 33.4. The average Bonchev–Trinajstić information content (AvgIpc) is 3.42. The highest BCUT2D eigenvalue weighted by Gasteiger charge is 2.44. The van der Waals surface area contributed by atoms with E-state index in [2.05, 4.69) is 30.2 Å². The predicted octanol–water partition coefficient (Wildman–Crippen LogP) is 4.59. The normalized spacial score (nSPS) is 17.7. The van der Waals surface area contributed by atoms with E-state index in [0.717, 1.165) is 49.1 Å². The lowest BCUT2D eigenvalue weighted by molar-refractivity contribution is -0.145. The fraction of sp³-hybridized carbons (Fsp3) is 0.259. The summed E-state index contributed by atoms with van der Waals surface area (Å²) in [5.41, 5.74) is 0.0720. The molecule has 0 aliphatic carbocycles. The summed E-state index contributed by atoms with van der Waals surface area (Å²) in [6.07, 6.45) is -8.54. The Hall–Kier alpha value is -4.65. The van der Waals surface area contributed by atoms with Crippen molar-refractivity contribution in [1.82, 2.24) is 34.5 Å². The third-order valence-corrected chi connectivity index (χ3v) is 8.57. The Morgan fingerprint density at radius 3 is 1.78 bits per heavy atom. The quantitative estimate of drug-likeness (QED) is 0.282. The molecule has 1 amide bonds. The van der Waals surface area contributed by atoms with Gasteiger partial charge in [-0.15, -0.1) is 0 Å². The molecule has 19 heteroatoms. The van der Waals surface area contributed by atoms with Crippen molar-refractivity contribution < 1.29 is 48.3 Å². The summed E-state index contributed by atoms with van der Waals surface area (Å²) in [6, 6.07) is 4.89. The second-order valence-electron chi connectivity index (χ2n) is 9.93. The van der Waals surface area contributed by atoms with Crippen molar-refractivity contribution >= 4 is 15.9 Å². The Morgan fingerprint density at radius 1 is 0.848 bits per heavy atom. The molecule has 4 aromatic rings. The summed E-state index contributed by atoms with van der Waals surface area (Å²) in [6.45, 7) is -0.995. The fourth-order valence-corrected chi connectivity index (χ4v) is 6.13. The summed E-state index contributed by atoms with van der Waals surface area (Å²) < 4.78 is 133. The van der Waals surface area contributed by atoms with Crippen molar-refractivity contribution in [2.75, 3.05) is 6.54 Å². The molecule has 0 bridgehead atoms. The maximum absolute atomic E-state index is 14.4. The maximum Gasteiger partial charge on any atom is 0.451 e. The van der Waals surface area contributed by atoms with E-state index >= 15 is 0 Å². The minimum Gasteiger partial charge on any atom is -0.351 e. The first-order valence-corrected chi connectivity index (χ1v) is 14.5. The summed E-state index contributed by atoms with van der Waals surface area (Å²) in [5, 5.41) is 2.48. The average molecular weight is 674 g/mol. The first kappa shape index (κ1) is 32.7. The number of carbonyl (C=O) groups excluding carboxylic acids is 1. The molecule has 1 aliphatic heterocycles. The fourth-order valence-electron chi connectivity index (χ4n) is 4.51. The van der Waals surface area contributed by atoms with Crippen molar-refractivity contribution in [2.45, 2.75) is 42.4 Å². The molecule has 3 aromatic heterocycles. The van der Waals surface area contributed by atoms with Crippen LogP contribution in [0.3, 0.4) is 0 Å². The van der Waals surface area contributed by atoms with Gasteiger partial charge in [-0.3, -0.25) is 4.79 Å². The van der Waals surface area contributed by atoms with Gasteiger partial charge in [-0.2, -0.15) is 30.6 Å². The minimum absolute atomic E-state index is 0.0251. The lowest BCUT2D eigenvalue weighted by Crippen LogP contribution is -2.45. The molecule has 0 radical (unpaired) electrons. The SMILES string of the molecule is O=C(NCc1cc(-c2cnc(C(F)(F)F)nc2)nc(-c2cnc(C(F)(F)F)nc2)c1)[C@@H]1C[C@@H](F)CN1S(=O)(=O)c1ccc(F)cc1. The number of hydrogen-bond acceptors (Lipinski definition) is 8. The molecule has 4 heterocycles. The molecule has 1 N–H and O–H groups in total. The van der Waals surface area contributed by atoms with E-state index in [-0.39, 0.29) is 39.5 Å². The van der Waals surface area contributed by atoms with E-state index in [4.69, 9.17) is 0 Å². The van der Waals surface area contributed by atoms with E-state index in [0.29, 0.717) is 4.31 Å². The Balaban J connectivity index is 1.44. The van der Waals surface area contributed by atoms with Gasteiger partial charge < -0.3 is 5.32 Å². The van der Waals surface area contributed by atoms with Gasteiger partial charge in [0.25, 0.3) is 0 Å². The zero-order valence-corrected chi connectivity index (χ0v) is 23.7. The summed E-state index contributed by atoms with van der Waals surface area (Å²) in [4.78, 5) is 30.2. The molecule has 0 spiro atoms. The Kier molecular flexibility index (Phi) is 8.73. The number of sulfonamides is 1. The van der Waals surface area contributed by atoms with Crippen molar-refractivity contribution in [1.29, 1.82) is 0 Å². The number of benzene rings is 1. The largest absolute Gasteiger partial charge is 0.451 e. The molecule has 0 unspecified atom stereocenters. The second kappa shape index (κ2) is 12.3. The van der Waals surface area contributed by atoms with Crippen LogP contribution in [-0.4, -0.2) is 62.3 Å². The van der Waals surface area contributed by atoms with Gasteiger partial charge in [0.2, 0.25) is 27.6 Å². The molecule has 1 aliphatic rings. The van der Waals surface area contributed by atoms with Crippen LogP contribution in [0.2, 0.25) is 0 Å². The van der Waals surface area contributed by atoms with E-state index in [1.165, 1.54) is 12.1 Å². The van der Waals surface area contributed by atoms with Gasteiger partial charge in [-0.05, 0) is 42.0 Å². The molecule has 242 valence electrons. The van der Waals surface area contributed by atoms with Crippen molar-refractivity contribution in [2.24, 2.45) is 0 Å². The maximum atomic E-state index is 14.4. The minimum atomic E-state index is -4.84. The highest BCUT2D eigenvalue weighted by molar-refractivity contribution is 7.89. The third kappa shape index (κ3) is 7.09. The van der Waals surface area contributed by atoms with Crippen LogP contribution in [0.1, 0.15) is 23.6 Å². The van der Waals surface area contributed by atoms with Crippen molar-refractivity contribution in [3.63, 3.8) is 0 Å². The molecule has 10 nitrogen and oxygen atoms in total. The number of alkyl halides is 7. The first-order valence-electron chi connectivity index (χ1n) is 13.0. The van der Waals surface area contributed by atoms with Gasteiger partial charge in [0.05, 0.1) is 16.3 Å². The van der Waals surface area contributed by atoms with Crippen LogP contribution in [0.15, 0.2) is 66.1 Å². The van der Waals surface area contributed by atoms with Crippen LogP contribution in [0.5, 0.6) is 0 Å². The molecule has 5 rings (SSSR count). The number of pyridine rings is 1. The molecule has 1 aromatic carbocycles. The van der Waals surface area contributed by atoms with Crippen LogP contribution >= 0.6 is 0 Å². The number of carbonyl (C=O) groups is 1. The molecular formula is C27H19F8N7O3S. The number of nitrogens with zero attached hydrogens (tertiary/aromatic N) is 6. The number of rotatable bonds is 7. The van der Waals surface area contributed by atoms with Gasteiger partial charge in [-0.1, -0.05) is 0 Å². The zero-order valence-electron chi connectivity index (χ0n) is 22.9. The molecule has 0 saturated carbocycles. The first-order chi connectivity index (χ1) is 21.5. The van der Waals surface area contributed by atoms with Crippen LogP contribution < -0.4 is 5.32 Å². The molecule has 46 heavy (non-hydrogen) atoms. The van der Waals surface area contributed by atoms with Crippen LogP contribution in [0, 0.1) is 5.82 Å². The number of halogens is 8. The molecule has 1 fully saturated rings. The van der Waals surface area contributed by atoms with Gasteiger partial charge in [0, 0.05) is 55.4 Å². The van der Waals surface area contributed by atoms with Gasteiger partial charge in [0.15, 0.2) is 0 Å². The second-order valence-corrected chi connectivity index (χ2v) is 11.8. The van der Waals surface area contributed by atoms with E-state index in [1.807, 2.05) is 0 Å². The monoisotopic (exact) mass is 673 g/mol. The standard InChI is InChI=1S/C27H19F8N7O3S/c28-17-1-3-19(4-2-17)46(44,45)42-13-18(29)7-22(42)23(43)36-8-14-5-20(15-9-37-24(38-10-15)26(30,31)32)41-21(6-14)16-11-39-25(40-12-16)27(33,34)35/h1-6,9-12,18,22H,7-8,13H2,(H,36,43)/t18-,22+/m1/s1. The number of amides is 1. The van der Waals surface area contributed by atoms with Crippen molar-refractivity contribution in [3.8, 4) is 22.5 Å². The molecular weight excluding hydrogens is 654 g/mol. The van der Waals surface area contributed by atoms with E-state index in [1.54, 1.807) is 0 Å². The topological polar surface area (TPSA) is 131 Å². The number of aromatic nitrogens is 5. The molecule has 1 saturated heterocycles. The molecule has 2 atom stereocenters. The van der Waals surface area contributed by atoms with E-state index in [9.17, 15) is 48.3 Å². The summed E-state index contributed by atoms with van der Waals surface area (Å²) in [7, 11) is -4.41. The highest BCUT2D eigenvalue weighted by Crippen LogP contribution is 2.31. The lowest BCUT2D eigenvalue weighted by atomic mass is 10.1. The smallest absolute Gasteiger partial charge is 0.351 e. The van der Waals surface area contributed by atoms with E-state index < -0.39 is 70.9 Å². The van der Waals surface area contributed by atoms with Gasteiger partial charge in [-0.25, -0.2) is 42.1 Å². The van der Waals surface area contributed by atoms with Crippen LogP contribution in [0.4, 0.5) is 35.1 Å². The van der Waals surface area contributed by atoms with Crippen LogP contribution in [-0.2, 0) is 33.7 Å². The lowest BCUT2D eigenvalue weighted by Gasteiger charge is -2.23. The summed E-state index contributed by atoms with van der Waals surface area (Å²) >= 11 is 0. The number of hydrogen-bond donors (Lipinski definition) is 1. The number of nitrogens with one attached hydrogen (secondary N) is 1. The van der Waals surface area contributed by atoms with Gasteiger partial charge >= 0.3 is 12.4 Å². The van der Waals surface area contributed by atoms with Gasteiger partial charge in [0.1, 0.15) is 18.0 Å². The van der Waals surface area contributed by atoms with Crippen LogP contribution in [0.25, 0.3) is 22.5 Å². The predicted molar refractivity (Wildman–Crippen MR) is 142 cm³/mol. The highest BCUT2D eigenvalue weighted by atomic mass is 32.2. The Bertz CT molecular complexity index is 1760.